The molecule has 1 aliphatic carbocycles. The fourth-order valence-electron chi connectivity index (χ4n) is 2.29. The van der Waals surface area contributed by atoms with Crippen LogP contribution < -0.4 is 11.1 Å². The van der Waals surface area contributed by atoms with Crippen molar-refractivity contribution in [1.29, 1.82) is 0 Å². The Kier molecular flexibility index (Phi) is 5.05. The van der Waals surface area contributed by atoms with Crippen molar-refractivity contribution in [3.63, 3.8) is 0 Å². The van der Waals surface area contributed by atoms with E-state index in [9.17, 15) is 4.79 Å². The number of nitrogens with one attached hydrogen (secondary N) is 1. The average Bonchev–Trinajstić information content (AvgIpc) is 2.69. The predicted molar refractivity (Wildman–Crippen MR) is 59.4 cm³/mol. The van der Waals surface area contributed by atoms with Gasteiger partial charge in [-0.1, -0.05) is 12.8 Å². The second-order valence-corrected chi connectivity index (χ2v) is 4.41. The molecule has 0 radical (unpaired) electrons. The van der Waals surface area contributed by atoms with Crippen LogP contribution in [0.5, 0.6) is 0 Å². The molecule has 0 aromatic rings. The first kappa shape index (κ1) is 12.5. The lowest BCUT2D eigenvalue weighted by Gasteiger charge is -2.24. The van der Waals surface area contributed by atoms with Crippen molar-refractivity contribution >= 4 is 5.91 Å². The number of hydrogen-bond donors (Lipinski definition) is 2. The molecule has 4 heteroatoms. The molecule has 15 heavy (non-hydrogen) atoms. The molecular formula is C11H22N2O2. The molecule has 4 nitrogen and oxygen atoms in total. The Balaban J connectivity index is 2.38. The Hall–Kier alpha value is -0.610. The van der Waals surface area contributed by atoms with E-state index >= 15 is 0 Å². The van der Waals surface area contributed by atoms with Crippen molar-refractivity contribution in [2.24, 2.45) is 11.7 Å². The Morgan fingerprint density at radius 1 is 1.53 bits per heavy atom. The number of methoxy groups -OCH3 is 1. The largest absolute Gasteiger partial charge is 0.383 e. The topological polar surface area (TPSA) is 64.3 Å². The molecule has 1 saturated carbocycles. The summed E-state index contributed by atoms with van der Waals surface area (Å²) in [7, 11) is 1.58. The summed E-state index contributed by atoms with van der Waals surface area (Å²) in [6.07, 6.45) is 5.13. The number of primary amides is 1. The summed E-state index contributed by atoms with van der Waals surface area (Å²) < 4.78 is 4.97. The van der Waals surface area contributed by atoms with E-state index in [1.165, 1.54) is 25.7 Å². The van der Waals surface area contributed by atoms with Crippen molar-refractivity contribution in [3.8, 4) is 0 Å². The standard InChI is InChI=1S/C11H22N2O2/c1-8(9-5-3-4-6-9)13-10(7-15-2)11(12)14/h8-10,13H,3-7H2,1-2H3,(H2,12,14). The van der Waals surface area contributed by atoms with Gasteiger partial charge in [0.05, 0.1) is 6.61 Å². The van der Waals surface area contributed by atoms with E-state index in [-0.39, 0.29) is 11.9 Å². The molecule has 0 spiro atoms. The Bertz CT molecular complexity index is 203. The molecule has 1 fully saturated rings. The molecule has 0 aliphatic heterocycles. The van der Waals surface area contributed by atoms with Crippen LogP contribution in [-0.4, -0.2) is 31.7 Å². The highest BCUT2D eigenvalue weighted by Crippen LogP contribution is 2.27. The zero-order chi connectivity index (χ0) is 11.3. The van der Waals surface area contributed by atoms with Crippen molar-refractivity contribution < 1.29 is 9.53 Å². The van der Waals surface area contributed by atoms with Gasteiger partial charge in [-0.2, -0.15) is 0 Å². The Morgan fingerprint density at radius 3 is 2.60 bits per heavy atom. The summed E-state index contributed by atoms with van der Waals surface area (Å²) >= 11 is 0. The zero-order valence-corrected chi connectivity index (χ0v) is 9.66. The Morgan fingerprint density at radius 2 is 2.13 bits per heavy atom. The van der Waals surface area contributed by atoms with Crippen LogP contribution in [0.4, 0.5) is 0 Å². The van der Waals surface area contributed by atoms with Gasteiger partial charge in [0.1, 0.15) is 6.04 Å². The molecule has 1 amide bonds. The number of hydrogen-bond acceptors (Lipinski definition) is 3. The van der Waals surface area contributed by atoms with Crippen LogP contribution in [0.15, 0.2) is 0 Å². The minimum atomic E-state index is -0.356. The van der Waals surface area contributed by atoms with E-state index in [1.807, 2.05) is 0 Å². The summed E-state index contributed by atoms with van der Waals surface area (Å²) in [5.74, 6) is 0.352. The second-order valence-electron chi connectivity index (χ2n) is 4.41. The summed E-state index contributed by atoms with van der Waals surface area (Å²) in [5, 5.41) is 3.26. The van der Waals surface area contributed by atoms with Crippen molar-refractivity contribution in [3.05, 3.63) is 0 Å². The maximum atomic E-state index is 11.1. The number of carbonyl (C=O) groups is 1. The highest BCUT2D eigenvalue weighted by molar-refractivity contribution is 5.80. The lowest BCUT2D eigenvalue weighted by Crippen LogP contribution is -2.49. The third-order valence-corrected chi connectivity index (χ3v) is 3.25. The maximum Gasteiger partial charge on any atom is 0.236 e. The lowest BCUT2D eigenvalue weighted by molar-refractivity contribution is -0.121. The lowest BCUT2D eigenvalue weighted by atomic mass is 9.99. The van der Waals surface area contributed by atoms with Crippen LogP contribution in [0.1, 0.15) is 32.6 Å². The summed E-state index contributed by atoms with van der Waals surface area (Å²) in [5.41, 5.74) is 5.29. The molecule has 2 atom stereocenters. The van der Waals surface area contributed by atoms with Crippen LogP contribution in [0.3, 0.4) is 0 Å². The highest BCUT2D eigenvalue weighted by Gasteiger charge is 2.25. The molecule has 3 N–H and O–H groups in total. The SMILES string of the molecule is COCC(NC(C)C1CCCC1)C(N)=O. The third kappa shape index (κ3) is 3.80. The fraction of sp³-hybridized carbons (Fsp3) is 0.909. The van der Waals surface area contributed by atoms with Gasteiger partial charge in [0, 0.05) is 13.2 Å². The van der Waals surface area contributed by atoms with E-state index < -0.39 is 0 Å². The van der Waals surface area contributed by atoms with Crippen LogP contribution >= 0.6 is 0 Å². The van der Waals surface area contributed by atoms with Gasteiger partial charge >= 0.3 is 0 Å². The summed E-state index contributed by atoms with van der Waals surface area (Å²) in [6, 6.07) is -0.00856. The van der Waals surface area contributed by atoms with Gasteiger partial charge in [0.25, 0.3) is 0 Å². The molecular weight excluding hydrogens is 192 g/mol. The average molecular weight is 214 g/mol. The van der Waals surface area contributed by atoms with Crippen LogP contribution in [0.25, 0.3) is 0 Å². The van der Waals surface area contributed by atoms with Gasteiger partial charge in [-0.25, -0.2) is 0 Å². The molecule has 0 heterocycles. The van der Waals surface area contributed by atoms with Crippen molar-refractivity contribution in [2.45, 2.75) is 44.7 Å². The minimum absolute atomic E-state index is 0.332. The second kappa shape index (κ2) is 6.08. The first-order chi connectivity index (χ1) is 7.15. The van der Waals surface area contributed by atoms with Gasteiger partial charge in [-0.15, -0.1) is 0 Å². The van der Waals surface area contributed by atoms with E-state index in [0.29, 0.717) is 18.6 Å². The number of carbonyl (C=O) groups excluding carboxylic acids is 1. The molecule has 0 aromatic carbocycles. The molecule has 0 saturated heterocycles. The Labute approximate surface area is 91.5 Å². The van der Waals surface area contributed by atoms with E-state index in [4.69, 9.17) is 10.5 Å². The van der Waals surface area contributed by atoms with Crippen LogP contribution in [0, 0.1) is 5.92 Å². The highest BCUT2D eigenvalue weighted by atomic mass is 16.5. The smallest absolute Gasteiger partial charge is 0.236 e. The van der Waals surface area contributed by atoms with Gasteiger partial charge in [-0.05, 0) is 25.7 Å². The first-order valence-electron chi connectivity index (χ1n) is 5.69. The van der Waals surface area contributed by atoms with Crippen LogP contribution in [-0.2, 0) is 9.53 Å². The molecule has 2 unspecified atom stereocenters. The number of ether oxygens (including phenoxy) is 1. The molecule has 1 rings (SSSR count). The third-order valence-electron chi connectivity index (χ3n) is 3.25. The maximum absolute atomic E-state index is 11.1. The van der Waals surface area contributed by atoms with Gasteiger partial charge in [-0.3, -0.25) is 4.79 Å². The molecule has 0 aromatic heterocycles. The molecule has 1 aliphatic rings. The van der Waals surface area contributed by atoms with E-state index in [1.54, 1.807) is 7.11 Å². The summed E-state index contributed by atoms with van der Waals surface area (Å²) in [6.45, 7) is 2.48. The number of amides is 1. The van der Waals surface area contributed by atoms with Gasteiger partial charge in [0.2, 0.25) is 5.91 Å². The predicted octanol–water partition coefficient (Wildman–Crippen LogP) is 0.655. The zero-order valence-electron chi connectivity index (χ0n) is 9.66. The summed E-state index contributed by atoms with van der Waals surface area (Å²) in [4.78, 5) is 11.1. The first-order valence-corrected chi connectivity index (χ1v) is 5.69. The molecule has 0 bridgehead atoms. The fourth-order valence-corrected chi connectivity index (χ4v) is 2.29. The quantitative estimate of drug-likeness (QED) is 0.682. The number of rotatable bonds is 6. The van der Waals surface area contributed by atoms with E-state index in [0.717, 1.165) is 0 Å². The minimum Gasteiger partial charge on any atom is -0.383 e. The normalized spacial score (nSPS) is 21.5. The molecule has 88 valence electrons. The van der Waals surface area contributed by atoms with Crippen molar-refractivity contribution in [2.75, 3.05) is 13.7 Å². The number of nitrogens with two attached hydrogens (primary N) is 1. The van der Waals surface area contributed by atoms with Crippen LogP contribution in [0.2, 0.25) is 0 Å². The van der Waals surface area contributed by atoms with Gasteiger partial charge < -0.3 is 15.8 Å². The van der Waals surface area contributed by atoms with Crippen molar-refractivity contribution in [1.82, 2.24) is 5.32 Å². The monoisotopic (exact) mass is 214 g/mol. The van der Waals surface area contributed by atoms with E-state index in [2.05, 4.69) is 12.2 Å². The van der Waals surface area contributed by atoms with Gasteiger partial charge in [0.15, 0.2) is 0 Å².